The summed E-state index contributed by atoms with van der Waals surface area (Å²) in [5.41, 5.74) is -0.0518. The summed E-state index contributed by atoms with van der Waals surface area (Å²) in [6, 6.07) is 17.6. The lowest BCUT2D eigenvalue weighted by molar-refractivity contribution is -0.153. The molecular weight excluding hydrogens is 324 g/mol. The Labute approximate surface area is 153 Å². The number of fused-ring (bicyclic) bond motifs is 1. The zero-order valence-electron chi connectivity index (χ0n) is 14.9. The van der Waals surface area contributed by atoms with E-state index in [1.807, 2.05) is 43.3 Å². The van der Waals surface area contributed by atoms with Gasteiger partial charge in [0.1, 0.15) is 16.8 Å². The summed E-state index contributed by atoms with van der Waals surface area (Å²) in [4.78, 5) is 26.9. The van der Waals surface area contributed by atoms with Gasteiger partial charge in [0.15, 0.2) is 11.6 Å². The molecule has 0 amide bonds. The Balaban J connectivity index is 1.70. The van der Waals surface area contributed by atoms with Gasteiger partial charge in [0.05, 0.1) is 5.56 Å². The average molecular weight is 346 g/mol. The van der Waals surface area contributed by atoms with E-state index >= 15 is 0 Å². The monoisotopic (exact) mass is 346 g/mol. The van der Waals surface area contributed by atoms with Crippen LogP contribution in [0.4, 0.5) is 0 Å². The van der Waals surface area contributed by atoms with Crippen LogP contribution in [0.5, 0.6) is 5.75 Å². The summed E-state index contributed by atoms with van der Waals surface area (Å²) in [5.74, 6) is 0.928. The van der Waals surface area contributed by atoms with Crippen molar-refractivity contribution in [2.75, 3.05) is 0 Å². The Bertz CT molecular complexity index is 903. The van der Waals surface area contributed by atoms with Crippen molar-refractivity contribution in [2.24, 2.45) is 11.3 Å². The van der Waals surface area contributed by atoms with Crippen LogP contribution in [0.1, 0.15) is 54.4 Å². The molecule has 2 aromatic carbocycles. The minimum absolute atomic E-state index is 0.0315. The number of hydrogen-bond donors (Lipinski definition) is 0. The van der Waals surface area contributed by atoms with Crippen molar-refractivity contribution < 1.29 is 14.3 Å². The van der Waals surface area contributed by atoms with E-state index < -0.39 is 11.0 Å². The molecule has 4 atom stereocenters. The average Bonchev–Trinajstić information content (AvgIpc) is 3.09. The first-order chi connectivity index (χ1) is 12.6. The summed E-state index contributed by atoms with van der Waals surface area (Å²) in [5, 5.41) is 0. The maximum atomic E-state index is 13.5. The van der Waals surface area contributed by atoms with Crippen molar-refractivity contribution in [3.8, 4) is 5.75 Å². The van der Waals surface area contributed by atoms with Gasteiger partial charge in [-0.1, -0.05) is 42.5 Å². The van der Waals surface area contributed by atoms with E-state index in [0.717, 1.165) is 19.3 Å². The van der Waals surface area contributed by atoms with E-state index in [0.29, 0.717) is 17.7 Å². The van der Waals surface area contributed by atoms with Gasteiger partial charge in [-0.25, -0.2) is 0 Å². The van der Waals surface area contributed by atoms with Gasteiger partial charge in [0.25, 0.3) is 0 Å². The molecule has 1 spiro atoms. The van der Waals surface area contributed by atoms with Crippen LogP contribution in [0.25, 0.3) is 0 Å². The lowest BCUT2D eigenvalue weighted by atomic mass is 9.52. The van der Waals surface area contributed by atoms with E-state index in [1.54, 1.807) is 6.07 Å². The first kappa shape index (κ1) is 15.8. The molecule has 0 unspecified atom stereocenters. The molecule has 2 fully saturated rings. The minimum Gasteiger partial charge on any atom is -0.485 e. The van der Waals surface area contributed by atoms with Gasteiger partial charge in [-0.05, 0) is 49.8 Å². The van der Waals surface area contributed by atoms with Crippen molar-refractivity contribution in [3.63, 3.8) is 0 Å². The number of benzene rings is 2. The van der Waals surface area contributed by atoms with E-state index in [2.05, 4.69) is 12.1 Å². The zero-order chi connectivity index (χ0) is 17.9. The molecule has 0 N–H and O–H groups in total. The second kappa shape index (κ2) is 5.29. The van der Waals surface area contributed by atoms with Crippen LogP contribution in [-0.4, -0.2) is 17.2 Å². The van der Waals surface area contributed by atoms with Gasteiger partial charge in [0, 0.05) is 12.3 Å². The van der Waals surface area contributed by atoms with Crippen molar-refractivity contribution in [1.82, 2.24) is 0 Å². The molecule has 1 heterocycles. The number of rotatable bonds is 1. The molecule has 26 heavy (non-hydrogen) atoms. The highest BCUT2D eigenvalue weighted by Crippen LogP contribution is 2.63. The van der Waals surface area contributed by atoms with Gasteiger partial charge in [-0.3, -0.25) is 9.59 Å². The highest BCUT2D eigenvalue weighted by atomic mass is 16.5. The van der Waals surface area contributed by atoms with Crippen LogP contribution < -0.4 is 4.74 Å². The molecule has 2 aromatic rings. The normalized spacial score (nSPS) is 35.3. The molecule has 0 aromatic heterocycles. The largest absolute Gasteiger partial charge is 0.485 e. The lowest BCUT2D eigenvalue weighted by Crippen LogP contribution is -2.67. The maximum absolute atomic E-state index is 13.5. The van der Waals surface area contributed by atoms with Crippen LogP contribution in [0.3, 0.4) is 0 Å². The minimum atomic E-state index is -1.08. The van der Waals surface area contributed by atoms with Crippen molar-refractivity contribution in [1.29, 1.82) is 0 Å². The second-order valence-corrected chi connectivity index (χ2v) is 8.09. The molecule has 0 saturated heterocycles. The number of ether oxygens (including phenoxy) is 1. The highest BCUT2D eigenvalue weighted by molar-refractivity contribution is 6.18. The second-order valence-electron chi connectivity index (χ2n) is 8.09. The topological polar surface area (TPSA) is 43.4 Å². The molecule has 1 aliphatic heterocycles. The van der Waals surface area contributed by atoms with Crippen LogP contribution in [-0.2, 0) is 4.79 Å². The third kappa shape index (κ3) is 1.78. The van der Waals surface area contributed by atoms with Crippen LogP contribution in [0.2, 0.25) is 0 Å². The summed E-state index contributed by atoms with van der Waals surface area (Å²) < 4.78 is 6.60. The Kier molecular flexibility index (Phi) is 3.22. The van der Waals surface area contributed by atoms with Crippen molar-refractivity contribution in [3.05, 3.63) is 65.7 Å². The number of carbonyl (C=O) groups excluding carboxylic acids is 2. The predicted molar refractivity (Wildman–Crippen MR) is 98.4 cm³/mol. The number of ketones is 2. The van der Waals surface area contributed by atoms with Crippen LogP contribution in [0.15, 0.2) is 54.6 Å². The third-order valence-corrected chi connectivity index (χ3v) is 7.06. The molecule has 3 nitrogen and oxygen atoms in total. The number of para-hydroxylation sites is 1. The lowest BCUT2D eigenvalue weighted by Gasteiger charge is -2.55. The Morgan fingerprint density at radius 2 is 1.73 bits per heavy atom. The van der Waals surface area contributed by atoms with E-state index in [1.165, 1.54) is 5.56 Å². The summed E-state index contributed by atoms with van der Waals surface area (Å²) in [6.07, 6.45) is 3.18. The summed E-state index contributed by atoms with van der Waals surface area (Å²) >= 11 is 0. The van der Waals surface area contributed by atoms with Gasteiger partial charge < -0.3 is 4.74 Å². The maximum Gasteiger partial charge on any atom is 0.183 e. The van der Waals surface area contributed by atoms with Crippen molar-refractivity contribution >= 4 is 11.6 Å². The van der Waals surface area contributed by atoms with Gasteiger partial charge in [-0.15, -0.1) is 0 Å². The van der Waals surface area contributed by atoms with E-state index in [4.69, 9.17) is 4.74 Å². The predicted octanol–water partition coefficient (Wildman–Crippen LogP) is 4.56. The number of carbonyl (C=O) groups is 2. The van der Waals surface area contributed by atoms with E-state index in [9.17, 15) is 9.59 Å². The fourth-order valence-electron chi connectivity index (χ4n) is 5.74. The molecule has 2 saturated carbocycles. The molecule has 132 valence electrons. The molecule has 0 radical (unpaired) electrons. The Morgan fingerprint density at radius 3 is 2.54 bits per heavy atom. The number of Topliss-reactive ketones (excluding diaryl/α,β-unsaturated/α-hetero) is 2. The quantitative estimate of drug-likeness (QED) is 0.711. The first-order valence-electron chi connectivity index (χ1n) is 9.49. The first-order valence-corrected chi connectivity index (χ1v) is 9.49. The molecule has 2 aliphatic carbocycles. The van der Waals surface area contributed by atoms with Gasteiger partial charge >= 0.3 is 0 Å². The van der Waals surface area contributed by atoms with Gasteiger partial charge in [-0.2, -0.15) is 0 Å². The smallest absolute Gasteiger partial charge is 0.183 e. The molecule has 5 rings (SSSR count). The summed E-state index contributed by atoms with van der Waals surface area (Å²) in [6.45, 7) is 1.84. The van der Waals surface area contributed by atoms with E-state index in [-0.39, 0.29) is 23.4 Å². The molecule has 0 bridgehead atoms. The highest BCUT2D eigenvalue weighted by Gasteiger charge is 2.70. The molecular formula is C23H22O3. The zero-order valence-corrected chi connectivity index (χ0v) is 14.9. The SMILES string of the molecule is C[C@]12C(=O)C[C@H](c3ccccc3)[C@H]3CCC[C@]31Oc1ccccc1C2=O. The Hall–Kier alpha value is -2.42. The van der Waals surface area contributed by atoms with Crippen LogP contribution in [0, 0.1) is 11.3 Å². The van der Waals surface area contributed by atoms with Crippen molar-refractivity contribution in [2.45, 2.75) is 44.1 Å². The number of hydrogen-bond acceptors (Lipinski definition) is 3. The molecule has 3 aliphatic rings. The molecule has 3 heteroatoms. The fourth-order valence-corrected chi connectivity index (χ4v) is 5.74. The van der Waals surface area contributed by atoms with Crippen LogP contribution >= 0.6 is 0 Å². The Morgan fingerprint density at radius 1 is 1.00 bits per heavy atom. The summed E-state index contributed by atoms with van der Waals surface area (Å²) in [7, 11) is 0. The fraction of sp³-hybridized carbons (Fsp3) is 0.391. The third-order valence-electron chi connectivity index (χ3n) is 7.06. The van der Waals surface area contributed by atoms with Gasteiger partial charge in [0.2, 0.25) is 0 Å². The standard InChI is InChI=1S/C23H22O3/c1-22-20(24)14-17(15-8-3-2-4-9-15)18-11-7-13-23(18,22)26-19-12-6-5-10-16(19)21(22)25/h2-6,8-10,12,17-18H,7,11,13-14H2,1H3/t17-,18-,22-,23+/m1/s1.